The first kappa shape index (κ1) is 12.0. The fourth-order valence-electron chi connectivity index (χ4n) is 1.99. The van der Waals surface area contributed by atoms with Gasteiger partial charge >= 0.3 is 0 Å². The number of imidazole rings is 1. The fraction of sp³-hybridized carbons (Fsp3) is 0.538. The Kier molecular flexibility index (Phi) is 3.74. The Labute approximate surface area is 102 Å². The highest BCUT2D eigenvalue weighted by atomic mass is 14.9. The summed E-state index contributed by atoms with van der Waals surface area (Å²) in [6, 6.07) is 2.23. The second kappa shape index (κ2) is 5.27. The lowest BCUT2D eigenvalue weighted by atomic mass is 10.0. The van der Waals surface area contributed by atoms with Crippen LogP contribution in [0, 0.1) is 0 Å². The molecule has 0 saturated carbocycles. The summed E-state index contributed by atoms with van der Waals surface area (Å²) in [5.74, 6) is 1.50. The van der Waals surface area contributed by atoms with E-state index in [1.807, 2.05) is 12.3 Å². The highest BCUT2D eigenvalue weighted by Crippen LogP contribution is 2.21. The number of rotatable bonds is 5. The van der Waals surface area contributed by atoms with Crippen molar-refractivity contribution < 1.29 is 0 Å². The molecule has 4 nitrogen and oxygen atoms in total. The molecule has 0 aliphatic carbocycles. The van der Waals surface area contributed by atoms with Gasteiger partial charge in [-0.25, -0.2) is 4.98 Å². The molecule has 0 aliphatic heterocycles. The Morgan fingerprint density at radius 1 is 1.35 bits per heavy atom. The number of nitrogens with one attached hydrogen (secondary N) is 1. The summed E-state index contributed by atoms with van der Waals surface area (Å²) >= 11 is 0. The molecule has 0 aromatic carbocycles. The van der Waals surface area contributed by atoms with Gasteiger partial charge in [-0.3, -0.25) is 4.98 Å². The van der Waals surface area contributed by atoms with Crippen LogP contribution in [0.1, 0.15) is 44.9 Å². The van der Waals surface area contributed by atoms with Crippen molar-refractivity contribution in [2.24, 2.45) is 5.73 Å². The van der Waals surface area contributed by atoms with Gasteiger partial charge in [-0.15, -0.1) is 0 Å². The summed E-state index contributed by atoms with van der Waals surface area (Å²) in [6.45, 7) is 4.25. The highest BCUT2D eigenvalue weighted by Gasteiger charge is 2.10. The lowest BCUT2D eigenvalue weighted by molar-refractivity contribution is 0.546. The molecule has 0 radical (unpaired) electrons. The zero-order valence-electron chi connectivity index (χ0n) is 10.5. The third kappa shape index (κ3) is 3.03. The Balaban J connectivity index is 2.01. The summed E-state index contributed by atoms with van der Waals surface area (Å²) in [7, 11) is 0. The molecule has 17 heavy (non-hydrogen) atoms. The van der Waals surface area contributed by atoms with Crippen molar-refractivity contribution >= 4 is 11.0 Å². The van der Waals surface area contributed by atoms with Crippen LogP contribution in [0.4, 0.5) is 0 Å². The van der Waals surface area contributed by atoms with Gasteiger partial charge in [-0.1, -0.05) is 13.3 Å². The molecule has 2 rings (SSSR count). The van der Waals surface area contributed by atoms with Gasteiger partial charge < -0.3 is 10.7 Å². The maximum absolute atomic E-state index is 5.75. The summed E-state index contributed by atoms with van der Waals surface area (Å²) < 4.78 is 0. The topological polar surface area (TPSA) is 67.6 Å². The number of hydrogen-bond acceptors (Lipinski definition) is 3. The van der Waals surface area contributed by atoms with E-state index < -0.39 is 0 Å². The first-order chi connectivity index (χ1) is 8.16. The molecule has 2 aromatic heterocycles. The Morgan fingerprint density at radius 2 is 2.18 bits per heavy atom. The number of aromatic nitrogens is 3. The van der Waals surface area contributed by atoms with Crippen molar-refractivity contribution in [1.82, 2.24) is 15.0 Å². The largest absolute Gasteiger partial charge is 0.340 e. The SMILES string of the molecule is CC(N)CCCC(C)c1nc2ccncc2[nH]1. The monoisotopic (exact) mass is 232 g/mol. The number of aromatic amines is 1. The Morgan fingerprint density at radius 3 is 2.88 bits per heavy atom. The Bertz CT molecular complexity index is 442. The van der Waals surface area contributed by atoms with Gasteiger partial charge in [0.05, 0.1) is 17.2 Å². The van der Waals surface area contributed by atoms with Crippen LogP contribution in [0.5, 0.6) is 0 Å². The molecule has 3 N–H and O–H groups in total. The van der Waals surface area contributed by atoms with Crippen LogP contribution in [-0.4, -0.2) is 21.0 Å². The van der Waals surface area contributed by atoms with E-state index in [-0.39, 0.29) is 0 Å². The van der Waals surface area contributed by atoms with Crippen molar-refractivity contribution in [3.05, 3.63) is 24.3 Å². The standard InChI is InChI=1S/C13H20N4/c1-9(4-3-5-10(2)14)13-16-11-6-7-15-8-12(11)17-13/h6-10H,3-5,14H2,1-2H3,(H,16,17). The van der Waals surface area contributed by atoms with Crippen molar-refractivity contribution in [3.63, 3.8) is 0 Å². The van der Waals surface area contributed by atoms with Gasteiger partial charge in [-0.2, -0.15) is 0 Å². The maximum atomic E-state index is 5.75. The normalized spacial score (nSPS) is 15.0. The number of fused-ring (bicyclic) bond motifs is 1. The maximum Gasteiger partial charge on any atom is 0.110 e. The van der Waals surface area contributed by atoms with Gasteiger partial charge in [0, 0.05) is 18.2 Å². The zero-order chi connectivity index (χ0) is 12.3. The second-order valence-corrected chi connectivity index (χ2v) is 4.82. The van der Waals surface area contributed by atoms with Crippen molar-refractivity contribution in [2.45, 2.75) is 45.1 Å². The molecule has 0 fully saturated rings. The molecular weight excluding hydrogens is 212 g/mol. The average Bonchev–Trinajstić information content (AvgIpc) is 2.71. The van der Waals surface area contributed by atoms with E-state index in [4.69, 9.17) is 5.73 Å². The van der Waals surface area contributed by atoms with Crippen LogP contribution in [0.3, 0.4) is 0 Å². The lowest BCUT2D eigenvalue weighted by Gasteiger charge is -2.09. The van der Waals surface area contributed by atoms with E-state index in [0.29, 0.717) is 12.0 Å². The lowest BCUT2D eigenvalue weighted by Crippen LogP contribution is -2.14. The minimum Gasteiger partial charge on any atom is -0.340 e. The number of hydrogen-bond donors (Lipinski definition) is 2. The van der Waals surface area contributed by atoms with Crippen LogP contribution in [0.15, 0.2) is 18.5 Å². The minimum atomic E-state index is 0.294. The number of H-pyrrole nitrogens is 1. The predicted molar refractivity (Wildman–Crippen MR) is 69.8 cm³/mol. The smallest absolute Gasteiger partial charge is 0.110 e. The Hall–Kier alpha value is -1.42. The molecule has 0 spiro atoms. The first-order valence-electron chi connectivity index (χ1n) is 6.22. The van der Waals surface area contributed by atoms with Crippen molar-refractivity contribution in [1.29, 1.82) is 0 Å². The van der Waals surface area contributed by atoms with E-state index in [1.165, 1.54) is 0 Å². The third-order valence-electron chi connectivity index (χ3n) is 3.07. The second-order valence-electron chi connectivity index (χ2n) is 4.82. The quantitative estimate of drug-likeness (QED) is 0.832. The summed E-state index contributed by atoms with van der Waals surface area (Å²) in [5.41, 5.74) is 7.76. The van der Waals surface area contributed by atoms with E-state index in [2.05, 4.69) is 28.8 Å². The number of nitrogens with two attached hydrogens (primary N) is 1. The molecule has 2 atom stereocenters. The van der Waals surface area contributed by atoms with Crippen LogP contribution >= 0.6 is 0 Å². The van der Waals surface area contributed by atoms with Gasteiger partial charge in [0.2, 0.25) is 0 Å². The number of nitrogens with zero attached hydrogens (tertiary/aromatic N) is 2. The van der Waals surface area contributed by atoms with Gasteiger partial charge in [0.25, 0.3) is 0 Å². The summed E-state index contributed by atoms with van der Waals surface area (Å²) in [5, 5.41) is 0. The first-order valence-corrected chi connectivity index (χ1v) is 6.22. The van der Waals surface area contributed by atoms with Crippen molar-refractivity contribution in [3.8, 4) is 0 Å². The minimum absolute atomic E-state index is 0.294. The van der Waals surface area contributed by atoms with Crippen LogP contribution in [0.25, 0.3) is 11.0 Å². The van der Waals surface area contributed by atoms with E-state index in [1.54, 1.807) is 6.20 Å². The molecule has 0 amide bonds. The molecule has 0 saturated heterocycles. The van der Waals surface area contributed by atoms with Crippen LogP contribution in [-0.2, 0) is 0 Å². The van der Waals surface area contributed by atoms with Crippen molar-refractivity contribution in [2.75, 3.05) is 0 Å². The molecule has 92 valence electrons. The highest BCUT2D eigenvalue weighted by molar-refractivity contribution is 5.73. The molecular formula is C13H20N4. The van der Waals surface area contributed by atoms with E-state index >= 15 is 0 Å². The summed E-state index contributed by atoms with van der Waals surface area (Å²) in [4.78, 5) is 12.0. The van der Waals surface area contributed by atoms with Crippen LogP contribution in [0.2, 0.25) is 0 Å². The molecule has 0 aliphatic rings. The molecule has 2 aromatic rings. The van der Waals surface area contributed by atoms with Gasteiger partial charge in [-0.05, 0) is 25.8 Å². The zero-order valence-corrected chi connectivity index (χ0v) is 10.5. The van der Waals surface area contributed by atoms with E-state index in [0.717, 1.165) is 36.1 Å². The predicted octanol–water partition coefficient (Wildman–Crippen LogP) is 2.58. The molecule has 4 heteroatoms. The molecule has 2 unspecified atom stereocenters. The van der Waals surface area contributed by atoms with Gasteiger partial charge in [0.15, 0.2) is 0 Å². The molecule has 0 bridgehead atoms. The summed E-state index contributed by atoms with van der Waals surface area (Å²) in [6.07, 6.45) is 6.93. The average molecular weight is 232 g/mol. The molecule has 2 heterocycles. The fourth-order valence-corrected chi connectivity index (χ4v) is 1.99. The van der Waals surface area contributed by atoms with Crippen LogP contribution < -0.4 is 5.73 Å². The van der Waals surface area contributed by atoms with Gasteiger partial charge in [0.1, 0.15) is 5.82 Å². The third-order valence-corrected chi connectivity index (χ3v) is 3.07. The number of pyridine rings is 1. The van der Waals surface area contributed by atoms with E-state index in [9.17, 15) is 0 Å².